The molecule has 1 aromatic heterocycles. The van der Waals surface area contributed by atoms with Crippen LogP contribution in [0.4, 0.5) is 5.69 Å². The number of ether oxygens (including phenoxy) is 2. The molecule has 0 aliphatic carbocycles. The van der Waals surface area contributed by atoms with Crippen LogP contribution in [0.3, 0.4) is 0 Å². The van der Waals surface area contributed by atoms with Crippen LogP contribution in [0, 0.1) is 0 Å². The maximum atomic E-state index is 6.27. The predicted molar refractivity (Wildman–Crippen MR) is 119 cm³/mol. The quantitative estimate of drug-likeness (QED) is 0.585. The zero-order valence-corrected chi connectivity index (χ0v) is 18.6. The third-order valence-electron chi connectivity index (χ3n) is 5.27. The van der Waals surface area contributed by atoms with Gasteiger partial charge >= 0.3 is 0 Å². The SMILES string of the molecule is COc1ccc(-c2nnc(SC[C@H]3C[NH2+][C@@H](c4ccc(N(C)C)cc4)O3)n2C)cc1. The lowest BCUT2D eigenvalue weighted by Gasteiger charge is -2.14. The molecule has 1 aliphatic rings. The Hall–Kier alpha value is -2.55. The fourth-order valence-electron chi connectivity index (χ4n) is 3.48. The maximum absolute atomic E-state index is 6.27. The number of thioether (sulfide) groups is 1. The third-order valence-corrected chi connectivity index (χ3v) is 6.42. The third kappa shape index (κ3) is 4.45. The molecule has 1 saturated heterocycles. The van der Waals surface area contributed by atoms with E-state index in [1.54, 1.807) is 18.9 Å². The van der Waals surface area contributed by atoms with E-state index in [0.29, 0.717) is 0 Å². The lowest BCUT2D eigenvalue weighted by molar-refractivity contribution is -0.697. The van der Waals surface area contributed by atoms with Gasteiger partial charge in [0.15, 0.2) is 11.0 Å². The highest BCUT2D eigenvalue weighted by atomic mass is 32.2. The average molecular weight is 427 g/mol. The summed E-state index contributed by atoms with van der Waals surface area (Å²) in [4.78, 5) is 2.10. The average Bonchev–Trinajstić information content (AvgIpc) is 3.39. The Labute approximate surface area is 181 Å². The molecule has 0 amide bonds. The summed E-state index contributed by atoms with van der Waals surface area (Å²) in [7, 11) is 7.76. The van der Waals surface area contributed by atoms with Gasteiger partial charge in [0.25, 0.3) is 0 Å². The minimum absolute atomic E-state index is 0.0566. The van der Waals surface area contributed by atoms with Gasteiger partial charge in [-0.15, -0.1) is 10.2 Å². The summed E-state index contributed by atoms with van der Waals surface area (Å²) < 4.78 is 13.5. The van der Waals surface area contributed by atoms with E-state index in [-0.39, 0.29) is 12.3 Å². The Morgan fingerprint density at radius 2 is 1.87 bits per heavy atom. The van der Waals surface area contributed by atoms with E-state index >= 15 is 0 Å². The zero-order chi connectivity index (χ0) is 21.1. The molecule has 3 aromatic rings. The van der Waals surface area contributed by atoms with Crippen molar-refractivity contribution < 1.29 is 14.8 Å². The highest BCUT2D eigenvalue weighted by Crippen LogP contribution is 2.26. The minimum atomic E-state index is 0.0566. The van der Waals surface area contributed by atoms with Gasteiger partial charge in [-0.2, -0.15) is 0 Å². The number of aromatic nitrogens is 3. The van der Waals surface area contributed by atoms with Crippen LogP contribution in [0.2, 0.25) is 0 Å². The number of methoxy groups -OCH3 is 1. The summed E-state index contributed by atoms with van der Waals surface area (Å²) in [6, 6.07) is 16.4. The van der Waals surface area contributed by atoms with Crippen molar-refractivity contribution in [2.75, 3.05) is 38.4 Å². The van der Waals surface area contributed by atoms with E-state index in [9.17, 15) is 0 Å². The Bertz CT molecular complexity index is 972. The highest BCUT2D eigenvalue weighted by Gasteiger charge is 2.30. The topological polar surface area (TPSA) is 69.0 Å². The molecule has 0 bridgehead atoms. The number of rotatable bonds is 7. The Morgan fingerprint density at radius 1 is 1.13 bits per heavy atom. The standard InChI is InChI=1S/C22H27N5O2S/c1-26(2)17-9-5-16(6-10-17)21-23-13-19(29-21)14-30-22-25-24-20(27(22)3)15-7-11-18(28-4)12-8-15/h5-12,19,21,23H,13-14H2,1-4H3/p+1/t19-,21-/m1/s1. The van der Waals surface area contributed by atoms with E-state index < -0.39 is 0 Å². The van der Waals surface area contributed by atoms with Crippen molar-refractivity contribution in [1.82, 2.24) is 14.8 Å². The maximum Gasteiger partial charge on any atom is 0.217 e. The number of anilines is 1. The van der Waals surface area contributed by atoms with E-state index in [1.807, 2.05) is 50.0 Å². The molecule has 30 heavy (non-hydrogen) atoms. The summed E-state index contributed by atoms with van der Waals surface area (Å²) in [5, 5.41) is 11.9. The van der Waals surface area contributed by atoms with Gasteiger partial charge in [0, 0.05) is 43.7 Å². The van der Waals surface area contributed by atoms with Crippen LogP contribution in [0.5, 0.6) is 5.75 Å². The minimum Gasteiger partial charge on any atom is -0.497 e. The van der Waals surface area contributed by atoms with Gasteiger partial charge in [-0.25, -0.2) is 0 Å². The molecule has 2 aromatic carbocycles. The molecule has 2 heterocycles. The van der Waals surface area contributed by atoms with Crippen molar-refractivity contribution in [3.8, 4) is 17.1 Å². The largest absolute Gasteiger partial charge is 0.497 e. The van der Waals surface area contributed by atoms with Crippen molar-refractivity contribution in [2.45, 2.75) is 17.5 Å². The molecule has 0 unspecified atom stereocenters. The lowest BCUT2D eigenvalue weighted by Crippen LogP contribution is -2.82. The van der Waals surface area contributed by atoms with Crippen molar-refractivity contribution in [3.63, 3.8) is 0 Å². The van der Waals surface area contributed by atoms with Crippen LogP contribution in [-0.4, -0.2) is 54.4 Å². The molecular formula is C22H28N5O2S+. The van der Waals surface area contributed by atoms with Crippen LogP contribution in [0.1, 0.15) is 11.8 Å². The molecule has 0 saturated carbocycles. The molecule has 7 nitrogen and oxygen atoms in total. The molecule has 0 radical (unpaired) electrons. The molecule has 8 heteroatoms. The Morgan fingerprint density at radius 3 is 2.53 bits per heavy atom. The molecule has 2 N–H and O–H groups in total. The van der Waals surface area contributed by atoms with Crippen LogP contribution >= 0.6 is 11.8 Å². The normalized spacial score (nSPS) is 18.5. The van der Waals surface area contributed by atoms with Gasteiger partial charge < -0.3 is 24.3 Å². The van der Waals surface area contributed by atoms with Crippen LogP contribution in [0.25, 0.3) is 11.4 Å². The van der Waals surface area contributed by atoms with Gasteiger partial charge in [-0.1, -0.05) is 11.8 Å². The first-order valence-electron chi connectivity index (χ1n) is 9.98. The number of nitrogens with two attached hydrogens (primary N) is 1. The van der Waals surface area contributed by atoms with Crippen molar-refractivity contribution in [3.05, 3.63) is 54.1 Å². The summed E-state index contributed by atoms with van der Waals surface area (Å²) in [6.07, 6.45) is 0.232. The number of hydrogen-bond donors (Lipinski definition) is 1. The van der Waals surface area contributed by atoms with Crippen LogP contribution in [0.15, 0.2) is 53.7 Å². The van der Waals surface area contributed by atoms with E-state index in [1.165, 1.54) is 11.3 Å². The molecule has 1 fully saturated rings. The smallest absolute Gasteiger partial charge is 0.217 e. The second-order valence-electron chi connectivity index (χ2n) is 7.54. The van der Waals surface area contributed by atoms with Gasteiger partial charge in [0.05, 0.1) is 7.11 Å². The summed E-state index contributed by atoms with van der Waals surface area (Å²) in [6.45, 7) is 0.941. The highest BCUT2D eigenvalue weighted by molar-refractivity contribution is 7.99. The van der Waals surface area contributed by atoms with Crippen molar-refractivity contribution in [2.24, 2.45) is 7.05 Å². The van der Waals surface area contributed by atoms with Crippen molar-refractivity contribution >= 4 is 17.4 Å². The van der Waals surface area contributed by atoms with E-state index in [0.717, 1.165) is 34.6 Å². The summed E-state index contributed by atoms with van der Waals surface area (Å²) in [5.74, 6) is 2.52. The first-order chi connectivity index (χ1) is 14.5. The monoisotopic (exact) mass is 426 g/mol. The number of hydrogen-bond acceptors (Lipinski definition) is 6. The second-order valence-corrected chi connectivity index (χ2v) is 8.53. The molecule has 4 rings (SSSR count). The first-order valence-corrected chi connectivity index (χ1v) is 11.0. The predicted octanol–water partition coefficient (Wildman–Crippen LogP) is 2.31. The molecule has 0 spiro atoms. The number of quaternary nitrogens is 1. The number of benzene rings is 2. The van der Waals surface area contributed by atoms with E-state index in [4.69, 9.17) is 9.47 Å². The van der Waals surface area contributed by atoms with Gasteiger partial charge in [0.1, 0.15) is 18.4 Å². The van der Waals surface area contributed by atoms with Gasteiger partial charge in [-0.3, -0.25) is 0 Å². The number of nitrogens with zero attached hydrogens (tertiary/aromatic N) is 4. The summed E-state index contributed by atoms with van der Waals surface area (Å²) >= 11 is 1.68. The molecular weight excluding hydrogens is 398 g/mol. The van der Waals surface area contributed by atoms with Crippen molar-refractivity contribution in [1.29, 1.82) is 0 Å². The fraction of sp³-hybridized carbons (Fsp3) is 0.364. The molecule has 2 atom stereocenters. The molecule has 158 valence electrons. The Balaban J connectivity index is 1.34. The molecule has 1 aliphatic heterocycles. The fourth-order valence-corrected chi connectivity index (χ4v) is 4.41. The van der Waals surface area contributed by atoms with Gasteiger partial charge in [0.2, 0.25) is 6.23 Å². The lowest BCUT2D eigenvalue weighted by atomic mass is 10.2. The van der Waals surface area contributed by atoms with Crippen LogP contribution in [-0.2, 0) is 11.8 Å². The summed E-state index contributed by atoms with van der Waals surface area (Å²) in [5.41, 5.74) is 3.41. The van der Waals surface area contributed by atoms with Gasteiger partial charge in [-0.05, 0) is 48.5 Å². The zero-order valence-electron chi connectivity index (χ0n) is 17.8. The second kappa shape index (κ2) is 9.07. The Kier molecular flexibility index (Phi) is 6.26. The van der Waals surface area contributed by atoms with Crippen LogP contribution < -0.4 is 15.0 Å². The first kappa shape index (κ1) is 20.7. The van der Waals surface area contributed by atoms with E-state index in [2.05, 4.69) is 44.7 Å².